The van der Waals surface area contributed by atoms with Crippen molar-refractivity contribution in [2.75, 3.05) is 0 Å². The van der Waals surface area contributed by atoms with Crippen molar-refractivity contribution in [1.29, 1.82) is 0 Å². The Hall–Kier alpha value is -2.93. The van der Waals surface area contributed by atoms with Crippen molar-refractivity contribution in [3.8, 4) is 0 Å². The molecule has 6 nitrogen and oxygen atoms in total. The number of nitrogens with zero attached hydrogens (tertiary/aromatic N) is 1. The molecular formula is C17H12ClFN2O4. The predicted octanol–water partition coefficient (Wildman–Crippen LogP) is 2.23. The first kappa shape index (κ1) is 16.9. The number of benzene rings is 2. The second kappa shape index (κ2) is 6.90. The van der Waals surface area contributed by atoms with E-state index in [-0.39, 0.29) is 28.0 Å². The van der Waals surface area contributed by atoms with Gasteiger partial charge >= 0.3 is 5.97 Å². The van der Waals surface area contributed by atoms with Crippen molar-refractivity contribution in [1.82, 2.24) is 9.78 Å². The Kier molecular flexibility index (Phi) is 4.67. The lowest BCUT2D eigenvalue weighted by Crippen LogP contribution is -2.32. The van der Waals surface area contributed by atoms with Gasteiger partial charge in [0.05, 0.1) is 15.8 Å². The largest absolute Gasteiger partial charge is 0.459 e. The lowest BCUT2D eigenvalue weighted by molar-refractivity contribution is -0.146. The van der Waals surface area contributed by atoms with E-state index in [0.717, 1.165) is 4.68 Å². The zero-order valence-electron chi connectivity index (χ0n) is 12.8. The van der Waals surface area contributed by atoms with E-state index < -0.39 is 29.4 Å². The first-order valence-electron chi connectivity index (χ1n) is 7.28. The number of carbonyl (C=O) groups excluding carboxylic acids is 1. The summed E-state index contributed by atoms with van der Waals surface area (Å²) in [6.07, 6.45) is 0. The van der Waals surface area contributed by atoms with Gasteiger partial charge in [-0.15, -0.1) is 0 Å². The summed E-state index contributed by atoms with van der Waals surface area (Å²) in [5, 5.41) is 2.87. The summed E-state index contributed by atoms with van der Waals surface area (Å²) in [5.41, 5.74) is -0.993. The molecule has 0 amide bonds. The molecule has 2 aromatic carbocycles. The molecule has 0 fully saturated rings. The Labute approximate surface area is 145 Å². The van der Waals surface area contributed by atoms with Crippen LogP contribution >= 0.6 is 11.6 Å². The topological polar surface area (TPSA) is 81.2 Å². The molecule has 0 saturated heterocycles. The third-order valence-electron chi connectivity index (χ3n) is 3.61. The number of aromatic nitrogens is 2. The summed E-state index contributed by atoms with van der Waals surface area (Å²) in [5.74, 6) is -1.41. The van der Waals surface area contributed by atoms with Crippen LogP contribution in [0.15, 0.2) is 52.1 Å². The number of ether oxygens (including phenoxy) is 1. The van der Waals surface area contributed by atoms with Crippen LogP contribution < -0.4 is 11.1 Å². The van der Waals surface area contributed by atoms with Crippen molar-refractivity contribution in [2.45, 2.75) is 13.2 Å². The van der Waals surface area contributed by atoms with E-state index in [0.29, 0.717) is 0 Å². The normalized spacial score (nSPS) is 10.8. The van der Waals surface area contributed by atoms with Crippen LogP contribution in [0.5, 0.6) is 0 Å². The Morgan fingerprint density at radius 2 is 1.84 bits per heavy atom. The van der Waals surface area contributed by atoms with Crippen molar-refractivity contribution < 1.29 is 13.9 Å². The summed E-state index contributed by atoms with van der Waals surface area (Å²) in [4.78, 5) is 36.2. The van der Waals surface area contributed by atoms with Crippen LogP contribution in [0.25, 0.3) is 10.8 Å². The van der Waals surface area contributed by atoms with Gasteiger partial charge in [-0.3, -0.25) is 19.5 Å². The summed E-state index contributed by atoms with van der Waals surface area (Å²) in [7, 11) is 0. The van der Waals surface area contributed by atoms with Gasteiger partial charge in [-0.2, -0.15) is 0 Å². The van der Waals surface area contributed by atoms with Crippen LogP contribution in [0, 0.1) is 5.82 Å². The number of esters is 1. The van der Waals surface area contributed by atoms with E-state index in [4.69, 9.17) is 16.3 Å². The number of nitrogens with one attached hydrogen (secondary N) is 1. The van der Waals surface area contributed by atoms with Crippen LogP contribution in [0.1, 0.15) is 5.56 Å². The van der Waals surface area contributed by atoms with Crippen LogP contribution in [-0.2, 0) is 22.7 Å². The number of H-pyrrole nitrogens is 1. The highest BCUT2D eigenvalue weighted by atomic mass is 35.5. The number of fused-ring (bicyclic) bond motifs is 1. The van der Waals surface area contributed by atoms with Crippen molar-refractivity contribution in [3.05, 3.63) is 79.6 Å². The maximum absolute atomic E-state index is 13.6. The molecule has 0 bridgehead atoms. The van der Waals surface area contributed by atoms with E-state index >= 15 is 0 Å². The first-order chi connectivity index (χ1) is 12.0. The highest BCUT2D eigenvalue weighted by Gasteiger charge is 2.13. The smallest absolute Gasteiger partial charge is 0.328 e. The van der Waals surface area contributed by atoms with Gasteiger partial charge in [0.25, 0.3) is 11.1 Å². The lowest BCUT2D eigenvalue weighted by atomic mass is 10.2. The van der Waals surface area contributed by atoms with E-state index in [9.17, 15) is 18.8 Å². The number of rotatable bonds is 4. The van der Waals surface area contributed by atoms with Crippen molar-refractivity contribution >= 4 is 28.3 Å². The molecule has 1 aromatic heterocycles. The highest BCUT2D eigenvalue weighted by molar-refractivity contribution is 6.31. The van der Waals surface area contributed by atoms with Crippen LogP contribution in [-0.4, -0.2) is 15.7 Å². The molecule has 1 N–H and O–H groups in total. The van der Waals surface area contributed by atoms with Gasteiger partial charge in [0.1, 0.15) is 19.0 Å². The zero-order chi connectivity index (χ0) is 18.0. The Morgan fingerprint density at radius 1 is 1.12 bits per heavy atom. The maximum Gasteiger partial charge on any atom is 0.328 e. The van der Waals surface area contributed by atoms with Gasteiger partial charge in [-0.1, -0.05) is 29.8 Å². The molecule has 25 heavy (non-hydrogen) atoms. The molecule has 0 aliphatic rings. The zero-order valence-corrected chi connectivity index (χ0v) is 13.5. The fourth-order valence-corrected chi connectivity index (χ4v) is 2.57. The molecule has 0 unspecified atom stereocenters. The Morgan fingerprint density at radius 3 is 2.56 bits per heavy atom. The van der Waals surface area contributed by atoms with E-state index in [2.05, 4.69) is 5.10 Å². The molecule has 128 valence electrons. The molecule has 0 atom stereocenters. The molecule has 8 heteroatoms. The van der Waals surface area contributed by atoms with E-state index in [1.54, 1.807) is 12.1 Å². The van der Waals surface area contributed by atoms with Crippen LogP contribution in [0.2, 0.25) is 5.02 Å². The predicted molar refractivity (Wildman–Crippen MR) is 90.0 cm³/mol. The van der Waals surface area contributed by atoms with Crippen LogP contribution in [0.4, 0.5) is 4.39 Å². The molecule has 1 heterocycles. The van der Waals surface area contributed by atoms with E-state index in [1.165, 1.54) is 30.3 Å². The number of hydrogen-bond donors (Lipinski definition) is 1. The minimum atomic E-state index is -0.813. The standard InChI is InChI=1S/C17H12ClFN2O4/c18-13-6-3-7-14(19)12(13)9-25-15(22)8-21-17(24)11-5-2-1-4-10(11)16(23)20-21/h1-7H,8-9H2,(H,20,23). The minimum absolute atomic E-state index is 0.0388. The summed E-state index contributed by atoms with van der Waals surface area (Å²) in [6.45, 7) is -0.887. The number of aromatic amines is 1. The number of halogens is 2. The van der Waals surface area contributed by atoms with Gasteiger partial charge in [0, 0.05) is 5.56 Å². The van der Waals surface area contributed by atoms with Crippen molar-refractivity contribution in [3.63, 3.8) is 0 Å². The molecule has 0 saturated carbocycles. The summed E-state index contributed by atoms with van der Waals surface area (Å²) >= 11 is 5.85. The maximum atomic E-state index is 13.6. The van der Waals surface area contributed by atoms with Crippen molar-refractivity contribution in [2.24, 2.45) is 0 Å². The van der Waals surface area contributed by atoms with Gasteiger partial charge in [0.2, 0.25) is 0 Å². The summed E-state index contributed by atoms with van der Waals surface area (Å²) < 4.78 is 19.5. The molecule has 0 spiro atoms. The molecule has 0 aliphatic carbocycles. The molecule has 3 rings (SSSR count). The Balaban J connectivity index is 1.80. The average molecular weight is 363 g/mol. The second-order valence-corrected chi connectivity index (χ2v) is 5.65. The third kappa shape index (κ3) is 3.46. The minimum Gasteiger partial charge on any atom is -0.459 e. The van der Waals surface area contributed by atoms with Gasteiger partial charge in [-0.05, 0) is 24.3 Å². The lowest BCUT2D eigenvalue weighted by Gasteiger charge is -2.09. The SMILES string of the molecule is O=C(Cn1[nH]c(=O)c2ccccc2c1=O)OCc1c(F)cccc1Cl. The Bertz CT molecular complexity index is 1050. The molecular weight excluding hydrogens is 351 g/mol. The number of hydrogen-bond acceptors (Lipinski definition) is 4. The molecule has 0 radical (unpaired) electrons. The van der Waals surface area contributed by atoms with E-state index in [1.807, 2.05) is 0 Å². The average Bonchev–Trinajstić information content (AvgIpc) is 2.59. The quantitative estimate of drug-likeness (QED) is 0.722. The third-order valence-corrected chi connectivity index (χ3v) is 3.96. The first-order valence-corrected chi connectivity index (χ1v) is 7.65. The van der Waals surface area contributed by atoms with Crippen LogP contribution in [0.3, 0.4) is 0 Å². The van der Waals surface area contributed by atoms with Gasteiger partial charge in [0.15, 0.2) is 0 Å². The second-order valence-electron chi connectivity index (χ2n) is 5.24. The fraction of sp³-hybridized carbons (Fsp3) is 0.118. The van der Waals surface area contributed by atoms with Gasteiger partial charge in [-0.25, -0.2) is 9.07 Å². The van der Waals surface area contributed by atoms with Gasteiger partial charge < -0.3 is 4.74 Å². The molecule has 3 aromatic rings. The molecule has 0 aliphatic heterocycles. The highest BCUT2D eigenvalue weighted by Crippen LogP contribution is 2.19. The summed E-state index contributed by atoms with van der Waals surface area (Å²) in [6, 6.07) is 10.4. The number of carbonyl (C=O) groups is 1. The fourth-order valence-electron chi connectivity index (χ4n) is 2.36. The monoisotopic (exact) mass is 362 g/mol.